The van der Waals surface area contributed by atoms with E-state index in [1.54, 1.807) is 43.3 Å². The summed E-state index contributed by atoms with van der Waals surface area (Å²) >= 11 is 6.04. The molecular formula is C24H24ClFN2O4S. The molecule has 1 N–H and O–H groups in total. The van der Waals surface area contributed by atoms with Crippen molar-refractivity contribution in [3.05, 3.63) is 88.2 Å². The first-order valence-corrected chi connectivity index (χ1v) is 12.4. The van der Waals surface area contributed by atoms with E-state index in [1.165, 1.54) is 24.3 Å². The summed E-state index contributed by atoms with van der Waals surface area (Å²) in [5.41, 5.74) is 2.53. The minimum absolute atomic E-state index is 0.100. The molecule has 0 spiro atoms. The number of sulfonamides is 1. The number of hydrogen-bond acceptors (Lipinski definition) is 4. The SMILES string of the molecule is CCOc1ccc(C(=O)Nc2cc(Cl)ccc2C)cc1CN(c1ccc(F)cc1)S(C)(=O)=O. The first-order chi connectivity index (χ1) is 15.6. The second-order valence-corrected chi connectivity index (χ2v) is 9.76. The zero-order valence-electron chi connectivity index (χ0n) is 18.4. The van der Waals surface area contributed by atoms with Gasteiger partial charge in [0, 0.05) is 21.8 Å². The van der Waals surface area contributed by atoms with Crippen molar-refractivity contribution in [3.8, 4) is 5.75 Å². The van der Waals surface area contributed by atoms with Gasteiger partial charge in [0.2, 0.25) is 10.0 Å². The van der Waals surface area contributed by atoms with E-state index in [4.69, 9.17) is 16.3 Å². The maximum atomic E-state index is 13.4. The van der Waals surface area contributed by atoms with E-state index in [0.717, 1.165) is 16.1 Å². The number of anilines is 2. The molecule has 0 aliphatic heterocycles. The van der Waals surface area contributed by atoms with Crippen LogP contribution in [0.3, 0.4) is 0 Å². The first-order valence-electron chi connectivity index (χ1n) is 10.1. The van der Waals surface area contributed by atoms with Gasteiger partial charge in [-0.15, -0.1) is 0 Å². The van der Waals surface area contributed by atoms with Gasteiger partial charge in [0.1, 0.15) is 11.6 Å². The Morgan fingerprint density at radius 1 is 1.09 bits per heavy atom. The molecule has 0 atom stereocenters. The van der Waals surface area contributed by atoms with Crippen LogP contribution in [0, 0.1) is 12.7 Å². The Kier molecular flexibility index (Phi) is 7.61. The van der Waals surface area contributed by atoms with Crippen molar-refractivity contribution in [2.45, 2.75) is 20.4 Å². The Bertz CT molecular complexity index is 1260. The molecule has 0 aliphatic carbocycles. The normalized spacial score (nSPS) is 11.2. The molecule has 0 bridgehead atoms. The molecule has 174 valence electrons. The lowest BCUT2D eigenvalue weighted by molar-refractivity contribution is 0.102. The quantitative estimate of drug-likeness (QED) is 0.458. The standard InChI is InChI=1S/C24H24ClFN2O4S/c1-4-32-23-12-6-17(24(29)27-22-14-19(25)7-5-16(22)2)13-18(23)15-28(33(3,30)31)21-10-8-20(26)9-11-21/h5-14H,4,15H2,1-3H3,(H,27,29). The van der Waals surface area contributed by atoms with E-state index in [1.807, 2.05) is 6.92 Å². The number of rotatable bonds is 8. The minimum Gasteiger partial charge on any atom is -0.494 e. The van der Waals surface area contributed by atoms with E-state index in [0.29, 0.717) is 39.9 Å². The summed E-state index contributed by atoms with van der Waals surface area (Å²) in [5.74, 6) is -0.404. The molecular weight excluding hydrogens is 467 g/mol. The third-order valence-corrected chi connectivity index (χ3v) is 6.27. The van der Waals surface area contributed by atoms with Crippen LogP contribution in [0.25, 0.3) is 0 Å². The fraction of sp³-hybridized carbons (Fsp3) is 0.208. The average molecular weight is 491 g/mol. The summed E-state index contributed by atoms with van der Waals surface area (Å²) in [6, 6.07) is 15.2. The number of benzene rings is 3. The summed E-state index contributed by atoms with van der Waals surface area (Å²) in [5, 5.41) is 3.32. The highest BCUT2D eigenvalue weighted by Crippen LogP contribution is 2.28. The largest absolute Gasteiger partial charge is 0.494 e. The number of nitrogens with one attached hydrogen (secondary N) is 1. The molecule has 6 nitrogen and oxygen atoms in total. The van der Waals surface area contributed by atoms with Crippen LogP contribution < -0.4 is 14.4 Å². The van der Waals surface area contributed by atoms with Gasteiger partial charge in [0.05, 0.1) is 25.1 Å². The van der Waals surface area contributed by atoms with E-state index >= 15 is 0 Å². The Morgan fingerprint density at radius 2 is 1.79 bits per heavy atom. The zero-order chi connectivity index (χ0) is 24.2. The van der Waals surface area contributed by atoms with Crippen LogP contribution in [0.5, 0.6) is 5.75 Å². The number of amides is 1. The molecule has 3 aromatic carbocycles. The van der Waals surface area contributed by atoms with Crippen LogP contribution in [0.4, 0.5) is 15.8 Å². The Morgan fingerprint density at radius 3 is 2.42 bits per heavy atom. The highest BCUT2D eigenvalue weighted by atomic mass is 35.5. The monoisotopic (exact) mass is 490 g/mol. The number of hydrogen-bond donors (Lipinski definition) is 1. The maximum Gasteiger partial charge on any atom is 0.255 e. The number of carbonyl (C=O) groups excluding carboxylic acids is 1. The molecule has 0 aliphatic rings. The summed E-state index contributed by atoms with van der Waals surface area (Å²) in [4.78, 5) is 12.9. The molecule has 3 rings (SSSR count). The molecule has 0 saturated heterocycles. The third kappa shape index (κ3) is 6.24. The van der Waals surface area contributed by atoms with Gasteiger partial charge in [0.15, 0.2) is 0 Å². The summed E-state index contributed by atoms with van der Waals surface area (Å²) in [6.07, 6.45) is 1.06. The van der Waals surface area contributed by atoms with Crippen molar-refractivity contribution in [2.24, 2.45) is 0 Å². The molecule has 0 radical (unpaired) electrons. The van der Waals surface area contributed by atoms with Crippen LogP contribution >= 0.6 is 11.6 Å². The average Bonchev–Trinajstić information content (AvgIpc) is 2.75. The van der Waals surface area contributed by atoms with Gasteiger partial charge in [0.25, 0.3) is 5.91 Å². The van der Waals surface area contributed by atoms with Gasteiger partial charge in [-0.3, -0.25) is 9.10 Å². The van der Waals surface area contributed by atoms with Crippen molar-refractivity contribution in [1.82, 2.24) is 0 Å². The van der Waals surface area contributed by atoms with Crippen LogP contribution in [0.1, 0.15) is 28.4 Å². The van der Waals surface area contributed by atoms with Crippen molar-refractivity contribution in [1.29, 1.82) is 0 Å². The number of carbonyl (C=O) groups is 1. The smallest absolute Gasteiger partial charge is 0.255 e. The lowest BCUT2D eigenvalue weighted by Gasteiger charge is -2.24. The summed E-state index contributed by atoms with van der Waals surface area (Å²) in [7, 11) is -3.71. The third-order valence-electron chi connectivity index (χ3n) is 4.90. The maximum absolute atomic E-state index is 13.4. The van der Waals surface area contributed by atoms with E-state index in [2.05, 4.69) is 5.32 Å². The van der Waals surface area contributed by atoms with Crippen molar-refractivity contribution < 1.29 is 22.3 Å². The predicted molar refractivity (Wildman–Crippen MR) is 129 cm³/mol. The molecule has 0 saturated carbocycles. The Labute approximate surface area is 198 Å². The van der Waals surface area contributed by atoms with E-state index < -0.39 is 15.8 Å². The van der Waals surface area contributed by atoms with Crippen LogP contribution in [-0.2, 0) is 16.6 Å². The molecule has 9 heteroatoms. The zero-order valence-corrected chi connectivity index (χ0v) is 20.0. The van der Waals surface area contributed by atoms with Crippen LogP contribution in [0.15, 0.2) is 60.7 Å². The topological polar surface area (TPSA) is 75.7 Å². The van der Waals surface area contributed by atoms with E-state index in [9.17, 15) is 17.6 Å². The molecule has 0 unspecified atom stereocenters. The summed E-state index contributed by atoms with van der Waals surface area (Å²) in [6.45, 7) is 3.91. The molecule has 1 amide bonds. The number of aryl methyl sites for hydroxylation is 1. The second-order valence-electron chi connectivity index (χ2n) is 7.41. The van der Waals surface area contributed by atoms with Gasteiger partial charge in [-0.2, -0.15) is 0 Å². The first kappa shape index (κ1) is 24.5. The van der Waals surface area contributed by atoms with Crippen LogP contribution in [-0.4, -0.2) is 27.2 Å². The minimum atomic E-state index is -3.71. The van der Waals surface area contributed by atoms with Crippen molar-refractivity contribution >= 4 is 38.9 Å². The number of halogens is 2. The number of ether oxygens (including phenoxy) is 1. The summed E-state index contributed by atoms with van der Waals surface area (Å²) < 4.78 is 45.2. The lowest BCUT2D eigenvalue weighted by atomic mass is 10.1. The van der Waals surface area contributed by atoms with Gasteiger partial charge >= 0.3 is 0 Å². The van der Waals surface area contributed by atoms with Crippen molar-refractivity contribution in [3.63, 3.8) is 0 Å². The molecule has 0 aromatic heterocycles. The van der Waals surface area contributed by atoms with E-state index in [-0.39, 0.29) is 12.5 Å². The highest BCUT2D eigenvalue weighted by Gasteiger charge is 2.21. The van der Waals surface area contributed by atoms with Crippen LogP contribution in [0.2, 0.25) is 5.02 Å². The van der Waals surface area contributed by atoms with Gasteiger partial charge < -0.3 is 10.1 Å². The Hall–Kier alpha value is -3.10. The molecule has 0 fully saturated rings. The van der Waals surface area contributed by atoms with Gasteiger partial charge in [-0.1, -0.05) is 17.7 Å². The van der Waals surface area contributed by atoms with Crippen molar-refractivity contribution in [2.75, 3.05) is 22.5 Å². The lowest BCUT2D eigenvalue weighted by Crippen LogP contribution is -2.29. The molecule has 3 aromatic rings. The Balaban J connectivity index is 1.97. The fourth-order valence-corrected chi connectivity index (χ4v) is 4.28. The second kappa shape index (κ2) is 10.2. The van der Waals surface area contributed by atoms with Gasteiger partial charge in [-0.05, 0) is 74.0 Å². The van der Waals surface area contributed by atoms with Gasteiger partial charge in [-0.25, -0.2) is 12.8 Å². The molecule has 0 heterocycles. The number of nitrogens with zero attached hydrogens (tertiary/aromatic N) is 1. The highest BCUT2D eigenvalue weighted by molar-refractivity contribution is 7.92. The fourth-order valence-electron chi connectivity index (χ4n) is 3.23. The predicted octanol–water partition coefficient (Wildman–Crippen LogP) is 5.40. The molecule has 33 heavy (non-hydrogen) atoms.